The lowest BCUT2D eigenvalue weighted by molar-refractivity contribution is -0.271. The summed E-state index contributed by atoms with van der Waals surface area (Å²) in [6.07, 6.45) is 20.2. The van der Waals surface area contributed by atoms with Gasteiger partial charge in [-0.15, -0.1) is 0 Å². The number of carbonyl (C=O) groups excluding carboxylic acids is 2. The Kier molecular flexibility index (Phi) is 26.7. The number of hydrogen-bond acceptors (Lipinski definition) is 8. The summed E-state index contributed by atoms with van der Waals surface area (Å²) in [6.45, 7) is 3.33. The quantitative estimate of drug-likeness (QED) is 0.0485. The van der Waals surface area contributed by atoms with Crippen LogP contribution in [0.3, 0.4) is 0 Å². The second-order valence-corrected chi connectivity index (χ2v) is 13.7. The van der Waals surface area contributed by atoms with E-state index < -0.39 is 61.8 Å². The number of aliphatic hydroxyl groups excluding tert-OH is 3. The predicted octanol–water partition coefficient (Wildman–Crippen LogP) is 5.90. The lowest BCUT2D eigenvalue weighted by atomic mass is 9.96. The zero-order valence-electron chi connectivity index (χ0n) is 30.2. The first-order chi connectivity index (χ1) is 23.2. The van der Waals surface area contributed by atoms with Crippen LogP contribution in [0.2, 0.25) is 0 Å². The van der Waals surface area contributed by atoms with Gasteiger partial charge in [-0.1, -0.05) is 142 Å². The lowest BCUT2D eigenvalue weighted by Gasteiger charge is -2.42. The molecule has 48 heavy (non-hydrogen) atoms. The first-order valence-electron chi connectivity index (χ1n) is 19.3. The summed E-state index contributed by atoms with van der Waals surface area (Å²) in [7, 11) is 0. The number of ether oxygens (including phenoxy) is 2. The Balaban J connectivity index is 2.44. The number of aliphatic carboxylic acids is 1. The lowest BCUT2D eigenvalue weighted by Crippen LogP contribution is -2.65. The van der Waals surface area contributed by atoms with Crippen LogP contribution < -0.4 is 10.6 Å². The van der Waals surface area contributed by atoms with Crippen LogP contribution in [0.25, 0.3) is 0 Å². The van der Waals surface area contributed by atoms with Crippen LogP contribution in [0.4, 0.5) is 0 Å². The fraction of sp³-hybridized carbons (Fsp3) is 0.919. The monoisotopic (exact) mass is 687 g/mol. The highest BCUT2D eigenvalue weighted by Gasteiger charge is 2.46. The summed E-state index contributed by atoms with van der Waals surface area (Å²) in [5, 5.41) is 45.7. The Bertz CT molecular complexity index is 831. The highest BCUT2D eigenvalue weighted by molar-refractivity contribution is 5.83. The van der Waals surface area contributed by atoms with Gasteiger partial charge in [-0.3, -0.25) is 9.59 Å². The molecule has 0 saturated carbocycles. The van der Waals surface area contributed by atoms with Gasteiger partial charge in [0.25, 0.3) is 0 Å². The summed E-state index contributed by atoms with van der Waals surface area (Å²) in [6, 6.07) is -2.57. The zero-order valence-corrected chi connectivity index (χ0v) is 30.2. The molecule has 1 fully saturated rings. The second kappa shape index (κ2) is 29.0. The predicted molar refractivity (Wildman–Crippen MR) is 187 cm³/mol. The van der Waals surface area contributed by atoms with Crippen LogP contribution in [0, 0.1) is 0 Å². The third-order valence-electron chi connectivity index (χ3n) is 9.28. The van der Waals surface area contributed by atoms with Crippen molar-refractivity contribution in [2.24, 2.45) is 0 Å². The summed E-state index contributed by atoms with van der Waals surface area (Å²) in [5.74, 6) is -2.04. The molecule has 6 atom stereocenters. The van der Waals surface area contributed by atoms with Crippen molar-refractivity contribution in [3.8, 4) is 0 Å². The molecule has 2 amide bonds. The van der Waals surface area contributed by atoms with Crippen LogP contribution in [0.15, 0.2) is 0 Å². The van der Waals surface area contributed by atoms with Crippen LogP contribution >= 0.6 is 0 Å². The number of nitrogens with one attached hydrogen (secondary N) is 2. The molecule has 6 N–H and O–H groups in total. The van der Waals surface area contributed by atoms with Crippen molar-refractivity contribution in [3.05, 3.63) is 0 Å². The van der Waals surface area contributed by atoms with Crippen LogP contribution in [0.5, 0.6) is 0 Å². The van der Waals surface area contributed by atoms with E-state index in [1.807, 2.05) is 0 Å². The van der Waals surface area contributed by atoms with Gasteiger partial charge in [0.05, 0.1) is 13.2 Å². The van der Waals surface area contributed by atoms with Crippen molar-refractivity contribution in [3.63, 3.8) is 0 Å². The largest absolute Gasteiger partial charge is 0.480 e. The molecule has 11 heteroatoms. The van der Waals surface area contributed by atoms with Crippen molar-refractivity contribution in [2.75, 3.05) is 13.2 Å². The van der Waals surface area contributed by atoms with E-state index in [2.05, 4.69) is 24.5 Å². The van der Waals surface area contributed by atoms with Crippen molar-refractivity contribution in [1.82, 2.24) is 10.6 Å². The average molecular weight is 687 g/mol. The molecule has 1 aliphatic heterocycles. The molecule has 1 saturated heterocycles. The Hall–Kier alpha value is -1.79. The number of unbranched alkanes of at least 4 members (excludes halogenated alkanes) is 20. The second-order valence-electron chi connectivity index (χ2n) is 13.7. The molecule has 0 radical (unpaired) electrons. The molecule has 0 unspecified atom stereocenters. The van der Waals surface area contributed by atoms with Gasteiger partial charge in [-0.05, 0) is 12.8 Å². The van der Waals surface area contributed by atoms with Gasteiger partial charge >= 0.3 is 5.97 Å². The highest BCUT2D eigenvalue weighted by atomic mass is 16.7. The van der Waals surface area contributed by atoms with Crippen LogP contribution in [-0.4, -0.2) is 88.1 Å². The van der Waals surface area contributed by atoms with E-state index in [1.165, 1.54) is 89.9 Å². The molecule has 1 aliphatic rings. The Morgan fingerprint density at radius 1 is 0.646 bits per heavy atom. The average Bonchev–Trinajstić information content (AvgIpc) is 3.07. The summed E-state index contributed by atoms with van der Waals surface area (Å²) in [4.78, 5) is 37.2. The third-order valence-corrected chi connectivity index (χ3v) is 9.28. The summed E-state index contributed by atoms with van der Waals surface area (Å²) >= 11 is 0. The van der Waals surface area contributed by atoms with Gasteiger partial charge < -0.3 is 40.5 Å². The van der Waals surface area contributed by atoms with E-state index in [9.17, 15) is 34.8 Å². The highest BCUT2D eigenvalue weighted by Crippen LogP contribution is 2.23. The maximum absolute atomic E-state index is 12.7. The Morgan fingerprint density at radius 3 is 1.48 bits per heavy atom. The number of hydrogen-bond donors (Lipinski definition) is 6. The van der Waals surface area contributed by atoms with Gasteiger partial charge in [0.2, 0.25) is 11.8 Å². The summed E-state index contributed by atoms with van der Waals surface area (Å²) in [5.41, 5.74) is 0. The third kappa shape index (κ3) is 20.7. The Morgan fingerprint density at radius 2 is 1.06 bits per heavy atom. The molecular formula is C37H70N2O9. The Labute approximate surface area is 290 Å². The maximum atomic E-state index is 12.7. The number of carboxylic acid groups (broad SMARTS) is 1. The SMILES string of the molecule is CCCCCCCCCCCCCC(=O)N[C@H]1[C@H](OC[C@H](NC(=O)CCCCCCCCCCCCC)C(=O)O)O[C@H](CO)[C@@H](O)[C@@H]1O. The molecule has 11 nitrogen and oxygen atoms in total. The smallest absolute Gasteiger partial charge is 0.328 e. The minimum atomic E-state index is -1.51. The van der Waals surface area contributed by atoms with Gasteiger partial charge in [-0.25, -0.2) is 4.79 Å². The van der Waals surface area contributed by atoms with E-state index in [-0.39, 0.29) is 18.7 Å². The standard InChI is InChI=1S/C37H70N2O9/c1-3-5-7-9-11-13-15-17-19-21-23-25-31(41)38-29(36(45)46)28-47-37-33(35(44)34(43)30(27-40)48-37)39-32(42)26-24-22-20-18-16-14-12-10-8-6-4-2/h29-30,33-35,37,40,43-44H,3-28H2,1-2H3,(H,38,41)(H,39,42)(H,45,46)/t29-,30+,33+,34+,35+,37+/m0/s1. The molecular weight excluding hydrogens is 616 g/mol. The minimum Gasteiger partial charge on any atom is -0.480 e. The van der Waals surface area contributed by atoms with E-state index >= 15 is 0 Å². The molecule has 0 aromatic carbocycles. The van der Waals surface area contributed by atoms with Crippen molar-refractivity contribution in [1.29, 1.82) is 0 Å². The first-order valence-corrected chi connectivity index (χ1v) is 19.3. The van der Waals surface area contributed by atoms with E-state index in [1.54, 1.807) is 0 Å². The molecule has 0 bridgehead atoms. The molecule has 282 valence electrons. The topological polar surface area (TPSA) is 175 Å². The maximum Gasteiger partial charge on any atom is 0.328 e. The van der Waals surface area contributed by atoms with E-state index in [0.717, 1.165) is 38.5 Å². The number of aliphatic hydroxyl groups is 3. The molecule has 0 aromatic heterocycles. The normalized spacial score (nSPS) is 21.6. The number of carboxylic acids is 1. The van der Waals surface area contributed by atoms with Gasteiger partial charge in [-0.2, -0.15) is 0 Å². The first kappa shape index (κ1) is 44.2. The minimum absolute atomic E-state index is 0.204. The molecule has 0 aliphatic carbocycles. The number of carbonyl (C=O) groups is 3. The number of rotatable bonds is 31. The molecule has 0 spiro atoms. The number of amides is 2. The van der Waals surface area contributed by atoms with Crippen LogP contribution in [0.1, 0.15) is 168 Å². The van der Waals surface area contributed by atoms with E-state index in [0.29, 0.717) is 12.8 Å². The fourth-order valence-electron chi connectivity index (χ4n) is 6.17. The fourth-order valence-corrected chi connectivity index (χ4v) is 6.17. The van der Waals surface area contributed by atoms with Gasteiger partial charge in [0, 0.05) is 12.8 Å². The van der Waals surface area contributed by atoms with Crippen molar-refractivity contribution in [2.45, 2.75) is 205 Å². The molecule has 1 heterocycles. The van der Waals surface area contributed by atoms with Gasteiger partial charge in [0.15, 0.2) is 12.3 Å². The zero-order chi connectivity index (χ0) is 35.4. The van der Waals surface area contributed by atoms with Gasteiger partial charge in [0.1, 0.15) is 24.4 Å². The van der Waals surface area contributed by atoms with Crippen molar-refractivity contribution < 1.29 is 44.3 Å². The van der Waals surface area contributed by atoms with Crippen molar-refractivity contribution >= 4 is 17.8 Å². The molecule has 0 aromatic rings. The summed E-state index contributed by atoms with van der Waals surface area (Å²) < 4.78 is 11.3. The van der Waals surface area contributed by atoms with E-state index in [4.69, 9.17) is 9.47 Å². The molecule has 1 rings (SSSR count). The van der Waals surface area contributed by atoms with Crippen LogP contribution in [-0.2, 0) is 23.9 Å².